The minimum absolute atomic E-state index is 0.356. The molecular formula is C12H14N2O4S. The van der Waals surface area contributed by atoms with E-state index in [0.717, 1.165) is 16.8 Å². The lowest BCUT2D eigenvalue weighted by Gasteiger charge is -2.17. The standard InChI is InChI=1S/C12H14N2O4S/c1-19(17,18)13-14(9-10-15)12(16)8-7-11-5-3-2-4-6-11/h2-8,10,13H,9H2,1H3/b8-7+. The fourth-order valence-electron chi connectivity index (χ4n) is 1.27. The van der Waals surface area contributed by atoms with Gasteiger partial charge in [0.25, 0.3) is 5.91 Å². The maximum absolute atomic E-state index is 11.7. The monoisotopic (exact) mass is 282 g/mol. The third-order valence-electron chi connectivity index (χ3n) is 2.02. The summed E-state index contributed by atoms with van der Waals surface area (Å²) >= 11 is 0. The SMILES string of the molecule is CS(=O)(=O)NN(CC=O)C(=O)/C=C/c1ccccc1. The normalized spacial score (nSPS) is 11.4. The van der Waals surface area contributed by atoms with Crippen LogP contribution in [0.4, 0.5) is 0 Å². The number of nitrogens with one attached hydrogen (secondary N) is 1. The Morgan fingerprint density at radius 2 is 1.95 bits per heavy atom. The molecule has 102 valence electrons. The van der Waals surface area contributed by atoms with Crippen molar-refractivity contribution in [3.8, 4) is 0 Å². The van der Waals surface area contributed by atoms with E-state index in [9.17, 15) is 18.0 Å². The van der Waals surface area contributed by atoms with Crippen molar-refractivity contribution in [2.45, 2.75) is 0 Å². The molecule has 0 aliphatic carbocycles. The van der Waals surface area contributed by atoms with Crippen molar-refractivity contribution in [2.24, 2.45) is 0 Å². The number of hydrogen-bond acceptors (Lipinski definition) is 4. The predicted molar refractivity (Wildman–Crippen MR) is 71.2 cm³/mol. The Morgan fingerprint density at radius 3 is 2.47 bits per heavy atom. The average Bonchev–Trinajstić information content (AvgIpc) is 2.35. The molecule has 19 heavy (non-hydrogen) atoms. The van der Waals surface area contributed by atoms with Crippen LogP contribution in [0.15, 0.2) is 36.4 Å². The van der Waals surface area contributed by atoms with Crippen molar-refractivity contribution in [2.75, 3.05) is 12.8 Å². The topological polar surface area (TPSA) is 83.6 Å². The Morgan fingerprint density at radius 1 is 1.32 bits per heavy atom. The minimum atomic E-state index is -3.61. The van der Waals surface area contributed by atoms with Gasteiger partial charge in [-0.2, -0.15) is 0 Å². The van der Waals surface area contributed by atoms with Crippen LogP contribution in [-0.4, -0.2) is 38.4 Å². The molecule has 1 aromatic rings. The molecule has 0 saturated carbocycles. The first-order valence-electron chi connectivity index (χ1n) is 5.38. The molecule has 6 nitrogen and oxygen atoms in total. The molecule has 1 N–H and O–H groups in total. The van der Waals surface area contributed by atoms with Crippen molar-refractivity contribution in [3.05, 3.63) is 42.0 Å². The molecule has 1 rings (SSSR count). The Kier molecular flexibility index (Phi) is 5.40. The average molecular weight is 282 g/mol. The van der Waals surface area contributed by atoms with Crippen molar-refractivity contribution in [1.29, 1.82) is 0 Å². The third kappa shape index (κ3) is 5.94. The number of nitrogens with zero attached hydrogens (tertiary/aromatic N) is 1. The first-order chi connectivity index (χ1) is 8.92. The molecule has 7 heteroatoms. The molecule has 0 spiro atoms. The van der Waals surface area contributed by atoms with Gasteiger partial charge in [0, 0.05) is 6.08 Å². The fraction of sp³-hybridized carbons (Fsp3) is 0.167. The van der Waals surface area contributed by atoms with Gasteiger partial charge in [-0.25, -0.2) is 8.42 Å². The molecule has 0 heterocycles. The molecule has 0 saturated heterocycles. The zero-order valence-corrected chi connectivity index (χ0v) is 11.1. The molecule has 0 radical (unpaired) electrons. The first kappa shape index (κ1) is 15.1. The maximum Gasteiger partial charge on any atom is 0.261 e. The summed E-state index contributed by atoms with van der Waals surface area (Å²) in [7, 11) is -3.61. The lowest BCUT2D eigenvalue weighted by molar-refractivity contribution is -0.129. The zero-order chi connectivity index (χ0) is 14.3. The van der Waals surface area contributed by atoms with Crippen LogP contribution in [-0.2, 0) is 19.6 Å². The Labute approximate surface area is 111 Å². The van der Waals surface area contributed by atoms with E-state index in [4.69, 9.17) is 0 Å². The second-order valence-corrected chi connectivity index (χ2v) is 5.45. The molecule has 0 aromatic heterocycles. The quantitative estimate of drug-likeness (QED) is 0.459. The van der Waals surface area contributed by atoms with Gasteiger partial charge < -0.3 is 4.79 Å². The number of amides is 1. The van der Waals surface area contributed by atoms with Gasteiger partial charge in [0.1, 0.15) is 6.29 Å². The molecule has 0 aliphatic heterocycles. The second-order valence-electron chi connectivity index (χ2n) is 3.72. The molecule has 0 aliphatic rings. The second kappa shape index (κ2) is 6.81. The summed E-state index contributed by atoms with van der Waals surface area (Å²) in [5, 5.41) is 0.724. The maximum atomic E-state index is 11.7. The third-order valence-corrected chi connectivity index (χ3v) is 2.57. The van der Waals surface area contributed by atoms with Gasteiger partial charge in [-0.3, -0.25) is 9.80 Å². The highest BCUT2D eigenvalue weighted by Crippen LogP contribution is 2.01. The smallest absolute Gasteiger partial charge is 0.261 e. The van der Waals surface area contributed by atoms with Crippen LogP contribution in [0.2, 0.25) is 0 Å². The molecular weight excluding hydrogens is 268 g/mol. The van der Waals surface area contributed by atoms with Gasteiger partial charge in [-0.15, -0.1) is 4.83 Å². The van der Waals surface area contributed by atoms with Crippen LogP contribution in [0.5, 0.6) is 0 Å². The number of carbonyl (C=O) groups is 2. The van der Waals surface area contributed by atoms with Gasteiger partial charge in [0.15, 0.2) is 0 Å². The number of benzene rings is 1. The first-order valence-corrected chi connectivity index (χ1v) is 7.27. The van der Waals surface area contributed by atoms with E-state index in [0.29, 0.717) is 6.29 Å². The minimum Gasteiger partial charge on any atom is -0.301 e. The summed E-state index contributed by atoms with van der Waals surface area (Å²) in [5.74, 6) is -0.624. The van der Waals surface area contributed by atoms with E-state index >= 15 is 0 Å². The number of rotatable bonds is 6. The summed E-state index contributed by atoms with van der Waals surface area (Å²) < 4.78 is 22.1. The van der Waals surface area contributed by atoms with E-state index in [1.165, 1.54) is 12.2 Å². The van der Waals surface area contributed by atoms with Crippen LogP contribution in [0.1, 0.15) is 5.56 Å². The van der Waals surface area contributed by atoms with Crippen molar-refractivity contribution in [3.63, 3.8) is 0 Å². The molecule has 1 aromatic carbocycles. The zero-order valence-electron chi connectivity index (χ0n) is 10.3. The fourth-order valence-corrected chi connectivity index (χ4v) is 1.83. The molecule has 0 bridgehead atoms. The van der Waals surface area contributed by atoms with Gasteiger partial charge in [-0.05, 0) is 11.6 Å². The van der Waals surface area contributed by atoms with Crippen LogP contribution in [0.25, 0.3) is 6.08 Å². The number of aldehydes is 1. The summed E-state index contributed by atoms with van der Waals surface area (Å²) in [6.45, 7) is -0.356. The van der Waals surface area contributed by atoms with Crippen molar-refractivity contribution < 1.29 is 18.0 Å². The highest BCUT2D eigenvalue weighted by molar-refractivity contribution is 7.88. The number of hydrogen-bond donors (Lipinski definition) is 1. The van der Waals surface area contributed by atoms with Crippen molar-refractivity contribution in [1.82, 2.24) is 9.84 Å². The lowest BCUT2D eigenvalue weighted by atomic mass is 10.2. The number of sulfonamides is 1. The largest absolute Gasteiger partial charge is 0.301 e. The highest BCUT2D eigenvalue weighted by Gasteiger charge is 2.14. The summed E-state index contributed by atoms with van der Waals surface area (Å²) in [5.41, 5.74) is 0.793. The summed E-state index contributed by atoms with van der Waals surface area (Å²) in [4.78, 5) is 24.1. The lowest BCUT2D eigenvalue weighted by Crippen LogP contribution is -2.45. The van der Waals surface area contributed by atoms with Crippen molar-refractivity contribution >= 4 is 28.3 Å². The molecule has 0 fully saturated rings. The summed E-state index contributed by atoms with van der Waals surface area (Å²) in [6, 6.07) is 9.03. The number of carbonyl (C=O) groups excluding carboxylic acids is 2. The van der Waals surface area contributed by atoms with Gasteiger partial charge in [0.05, 0.1) is 12.8 Å². The van der Waals surface area contributed by atoms with E-state index in [2.05, 4.69) is 0 Å². The van der Waals surface area contributed by atoms with Crippen LogP contribution >= 0.6 is 0 Å². The van der Waals surface area contributed by atoms with E-state index in [1.54, 1.807) is 12.1 Å². The highest BCUT2D eigenvalue weighted by atomic mass is 32.2. The Balaban J connectivity index is 2.77. The van der Waals surface area contributed by atoms with E-state index < -0.39 is 15.9 Å². The van der Waals surface area contributed by atoms with E-state index in [1.807, 2.05) is 23.0 Å². The van der Waals surface area contributed by atoms with Crippen LogP contribution in [0.3, 0.4) is 0 Å². The predicted octanol–water partition coefficient (Wildman–Crippen LogP) is 0.191. The van der Waals surface area contributed by atoms with Gasteiger partial charge in [0.2, 0.25) is 10.0 Å². The number of hydrazine groups is 1. The van der Waals surface area contributed by atoms with Gasteiger partial charge >= 0.3 is 0 Å². The van der Waals surface area contributed by atoms with Crippen LogP contribution < -0.4 is 4.83 Å². The van der Waals surface area contributed by atoms with Crippen LogP contribution in [0, 0.1) is 0 Å². The Bertz CT molecular complexity index is 567. The molecule has 1 amide bonds. The molecule has 0 atom stereocenters. The summed E-state index contributed by atoms with van der Waals surface area (Å²) in [6.07, 6.45) is 4.06. The van der Waals surface area contributed by atoms with Gasteiger partial charge in [-0.1, -0.05) is 30.3 Å². The molecule has 0 unspecified atom stereocenters. The van der Waals surface area contributed by atoms with E-state index in [-0.39, 0.29) is 6.54 Å². The Hall–Kier alpha value is -1.99.